The van der Waals surface area contributed by atoms with E-state index in [4.69, 9.17) is 14.2 Å². The van der Waals surface area contributed by atoms with Crippen molar-refractivity contribution in [2.45, 2.75) is 64.2 Å². The molecule has 0 aromatic heterocycles. The number of hydrogen-bond acceptors (Lipinski definition) is 4. The Morgan fingerprint density at radius 3 is 2.76 bits per heavy atom. The molecule has 2 heterocycles. The molecule has 3 rings (SSSR count). The summed E-state index contributed by atoms with van der Waals surface area (Å²) in [4.78, 5) is 0. The van der Waals surface area contributed by atoms with E-state index in [1.54, 1.807) is 0 Å². The Labute approximate surface area is 128 Å². The minimum atomic E-state index is 0.281. The Morgan fingerprint density at radius 2 is 1.95 bits per heavy atom. The third kappa shape index (κ3) is 3.44. The van der Waals surface area contributed by atoms with Crippen LogP contribution >= 0.6 is 0 Å². The predicted molar refractivity (Wildman–Crippen MR) is 82.4 cm³/mol. The summed E-state index contributed by atoms with van der Waals surface area (Å²) in [6, 6.07) is 0.612. The molecule has 0 amide bonds. The van der Waals surface area contributed by atoms with Crippen LogP contribution in [-0.2, 0) is 14.2 Å². The summed E-state index contributed by atoms with van der Waals surface area (Å²) >= 11 is 0. The van der Waals surface area contributed by atoms with Crippen LogP contribution in [0.5, 0.6) is 0 Å². The molecule has 4 heteroatoms. The van der Waals surface area contributed by atoms with E-state index in [1.807, 2.05) is 0 Å². The van der Waals surface area contributed by atoms with Crippen molar-refractivity contribution >= 4 is 0 Å². The van der Waals surface area contributed by atoms with Gasteiger partial charge in [-0.15, -0.1) is 0 Å². The fourth-order valence-electron chi connectivity index (χ4n) is 4.36. The second-order valence-corrected chi connectivity index (χ2v) is 7.41. The molecule has 1 saturated carbocycles. The number of nitrogens with one attached hydrogen (secondary N) is 1. The van der Waals surface area contributed by atoms with Crippen LogP contribution in [0.25, 0.3) is 0 Å². The third-order valence-corrected chi connectivity index (χ3v) is 5.49. The van der Waals surface area contributed by atoms with Gasteiger partial charge in [-0.25, -0.2) is 0 Å². The average Bonchev–Trinajstić information content (AvgIpc) is 2.99. The molecule has 3 fully saturated rings. The quantitative estimate of drug-likeness (QED) is 0.732. The van der Waals surface area contributed by atoms with Crippen LogP contribution < -0.4 is 5.32 Å². The maximum atomic E-state index is 5.95. The molecule has 4 atom stereocenters. The highest BCUT2D eigenvalue weighted by atomic mass is 16.5. The van der Waals surface area contributed by atoms with Gasteiger partial charge in [-0.3, -0.25) is 0 Å². The Kier molecular flexibility index (Phi) is 5.20. The molecule has 122 valence electrons. The minimum absolute atomic E-state index is 0.281. The first-order valence-corrected chi connectivity index (χ1v) is 8.74. The van der Waals surface area contributed by atoms with Gasteiger partial charge in [-0.2, -0.15) is 0 Å². The highest BCUT2D eigenvalue weighted by Gasteiger charge is 2.57. The van der Waals surface area contributed by atoms with Crippen molar-refractivity contribution in [1.29, 1.82) is 0 Å². The van der Waals surface area contributed by atoms with Crippen molar-refractivity contribution < 1.29 is 14.2 Å². The Morgan fingerprint density at radius 1 is 1.14 bits per heavy atom. The van der Waals surface area contributed by atoms with Gasteiger partial charge in [0, 0.05) is 37.2 Å². The van der Waals surface area contributed by atoms with E-state index in [-0.39, 0.29) is 5.41 Å². The number of hydrogen-bond donors (Lipinski definition) is 1. The van der Waals surface area contributed by atoms with Crippen LogP contribution in [0.1, 0.15) is 46.0 Å². The van der Waals surface area contributed by atoms with Gasteiger partial charge in [-0.1, -0.05) is 13.8 Å². The zero-order valence-corrected chi connectivity index (χ0v) is 13.6. The number of rotatable bonds is 7. The molecule has 0 aromatic rings. The molecule has 2 aliphatic heterocycles. The van der Waals surface area contributed by atoms with E-state index in [0.717, 1.165) is 51.7 Å². The molecule has 4 unspecified atom stereocenters. The van der Waals surface area contributed by atoms with Crippen LogP contribution in [0.15, 0.2) is 0 Å². The molecule has 4 nitrogen and oxygen atoms in total. The lowest BCUT2D eigenvalue weighted by Crippen LogP contribution is -2.69. The maximum Gasteiger partial charge on any atom is 0.0809 e. The molecule has 2 saturated heterocycles. The van der Waals surface area contributed by atoms with Gasteiger partial charge >= 0.3 is 0 Å². The van der Waals surface area contributed by atoms with E-state index in [1.165, 1.54) is 19.3 Å². The van der Waals surface area contributed by atoms with Gasteiger partial charge in [0.15, 0.2) is 0 Å². The van der Waals surface area contributed by atoms with Crippen LogP contribution in [-0.4, -0.2) is 51.2 Å². The summed E-state index contributed by atoms with van der Waals surface area (Å²) in [5.41, 5.74) is 0.281. The van der Waals surface area contributed by atoms with E-state index in [2.05, 4.69) is 19.2 Å². The monoisotopic (exact) mass is 297 g/mol. The lowest BCUT2D eigenvalue weighted by molar-refractivity contribution is -0.192. The third-order valence-electron chi connectivity index (χ3n) is 5.49. The molecule has 0 spiro atoms. The highest BCUT2D eigenvalue weighted by Crippen LogP contribution is 2.51. The van der Waals surface area contributed by atoms with E-state index >= 15 is 0 Å². The second-order valence-electron chi connectivity index (χ2n) is 7.41. The summed E-state index contributed by atoms with van der Waals surface area (Å²) in [6.45, 7) is 9.20. The highest BCUT2D eigenvalue weighted by molar-refractivity contribution is 5.10. The summed E-state index contributed by atoms with van der Waals surface area (Å²) in [5.74, 6) is 0.724. The van der Waals surface area contributed by atoms with E-state index < -0.39 is 0 Å². The summed E-state index contributed by atoms with van der Waals surface area (Å²) in [6.07, 6.45) is 6.80. The van der Waals surface area contributed by atoms with Gasteiger partial charge in [0.25, 0.3) is 0 Å². The molecule has 21 heavy (non-hydrogen) atoms. The molecular formula is C17H31NO3. The standard InChI is InChI=1S/C17H31NO3/c1-17(2)15(14-7-4-11-21-16(14)17)18-8-5-9-19-12-13-6-3-10-20-13/h13-16,18H,3-12H2,1-2H3. The average molecular weight is 297 g/mol. The van der Waals surface area contributed by atoms with Crippen molar-refractivity contribution in [2.75, 3.05) is 33.0 Å². The Balaban J connectivity index is 1.28. The summed E-state index contributed by atoms with van der Waals surface area (Å²) in [5, 5.41) is 3.75. The first kappa shape index (κ1) is 15.7. The van der Waals surface area contributed by atoms with Gasteiger partial charge in [0.05, 0.1) is 18.8 Å². The minimum Gasteiger partial charge on any atom is -0.379 e. The van der Waals surface area contributed by atoms with Gasteiger partial charge < -0.3 is 19.5 Å². The van der Waals surface area contributed by atoms with Crippen molar-refractivity contribution in [2.24, 2.45) is 11.3 Å². The Bertz CT molecular complexity index is 328. The van der Waals surface area contributed by atoms with Crippen molar-refractivity contribution in [3.8, 4) is 0 Å². The second kappa shape index (κ2) is 6.95. The van der Waals surface area contributed by atoms with E-state index in [0.29, 0.717) is 18.2 Å². The summed E-state index contributed by atoms with van der Waals surface area (Å²) in [7, 11) is 0. The number of ether oxygens (including phenoxy) is 3. The SMILES string of the molecule is CC1(C)C(NCCCOCC2CCCO2)C2CCCOC21. The van der Waals surface area contributed by atoms with Crippen LogP contribution in [0.2, 0.25) is 0 Å². The predicted octanol–water partition coefficient (Wildman–Crippen LogP) is 2.37. The fraction of sp³-hybridized carbons (Fsp3) is 1.00. The topological polar surface area (TPSA) is 39.7 Å². The first-order chi connectivity index (χ1) is 10.2. The largest absolute Gasteiger partial charge is 0.379 e. The van der Waals surface area contributed by atoms with Gasteiger partial charge in [0.2, 0.25) is 0 Å². The fourth-order valence-corrected chi connectivity index (χ4v) is 4.36. The lowest BCUT2D eigenvalue weighted by atomic mass is 9.55. The van der Waals surface area contributed by atoms with Crippen LogP contribution in [0, 0.1) is 11.3 Å². The maximum absolute atomic E-state index is 5.95. The molecule has 0 aromatic carbocycles. The van der Waals surface area contributed by atoms with Crippen LogP contribution in [0.4, 0.5) is 0 Å². The Hall–Kier alpha value is -0.160. The molecular weight excluding hydrogens is 266 g/mol. The van der Waals surface area contributed by atoms with E-state index in [9.17, 15) is 0 Å². The smallest absolute Gasteiger partial charge is 0.0809 e. The summed E-state index contributed by atoms with van der Waals surface area (Å²) < 4.78 is 17.2. The zero-order chi connectivity index (χ0) is 14.7. The molecule has 1 N–H and O–H groups in total. The van der Waals surface area contributed by atoms with Crippen LogP contribution in [0.3, 0.4) is 0 Å². The molecule has 3 aliphatic rings. The number of fused-ring (bicyclic) bond motifs is 1. The van der Waals surface area contributed by atoms with Crippen molar-refractivity contribution in [3.63, 3.8) is 0 Å². The van der Waals surface area contributed by atoms with Gasteiger partial charge in [-0.05, 0) is 38.6 Å². The van der Waals surface area contributed by atoms with Gasteiger partial charge in [0.1, 0.15) is 0 Å². The lowest BCUT2D eigenvalue weighted by Gasteiger charge is -2.60. The molecule has 1 aliphatic carbocycles. The van der Waals surface area contributed by atoms with Crippen molar-refractivity contribution in [1.82, 2.24) is 5.32 Å². The molecule has 0 radical (unpaired) electrons. The first-order valence-electron chi connectivity index (χ1n) is 8.74. The van der Waals surface area contributed by atoms with Crippen molar-refractivity contribution in [3.05, 3.63) is 0 Å². The normalized spacial score (nSPS) is 38.0. The molecule has 0 bridgehead atoms. The zero-order valence-electron chi connectivity index (χ0n) is 13.6.